The van der Waals surface area contributed by atoms with Crippen LogP contribution in [0.3, 0.4) is 0 Å². The minimum atomic E-state index is -0.624. The van der Waals surface area contributed by atoms with Crippen molar-refractivity contribution < 1.29 is 23.9 Å². The molecule has 1 aromatic heterocycles. The van der Waals surface area contributed by atoms with Crippen LogP contribution in [0.1, 0.15) is 69.1 Å². The molecule has 6 rings (SSSR count). The van der Waals surface area contributed by atoms with E-state index in [1.165, 1.54) is 4.90 Å². The maximum atomic E-state index is 14.4. The molecule has 218 valence electrons. The van der Waals surface area contributed by atoms with Gasteiger partial charge in [-0.15, -0.1) is 0 Å². The van der Waals surface area contributed by atoms with Gasteiger partial charge in [-0.3, -0.25) is 28.8 Å². The first-order valence-corrected chi connectivity index (χ1v) is 14.6. The highest BCUT2D eigenvalue weighted by Crippen LogP contribution is 2.41. The van der Waals surface area contributed by atoms with Crippen LogP contribution in [0.15, 0.2) is 54.9 Å². The molecule has 1 aliphatic carbocycles. The molecule has 0 radical (unpaired) electrons. The Labute approximate surface area is 244 Å². The van der Waals surface area contributed by atoms with Crippen LogP contribution in [-0.2, 0) is 29.7 Å². The quantitative estimate of drug-likeness (QED) is 0.437. The van der Waals surface area contributed by atoms with E-state index in [9.17, 15) is 19.2 Å². The highest BCUT2D eigenvalue weighted by atomic mass is 16.5. The average molecular weight is 570 g/mol. The Balaban J connectivity index is 1.38. The van der Waals surface area contributed by atoms with Crippen LogP contribution in [-0.4, -0.2) is 63.3 Å². The first-order valence-electron chi connectivity index (χ1n) is 14.6. The number of fused-ring (bicyclic) bond motifs is 2. The Kier molecular flexibility index (Phi) is 7.53. The van der Waals surface area contributed by atoms with Gasteiger partial charge in [-0.1, -0.05) is 37.1 Å². The van der Waals surface area contributed by atoms with Gasteiger partial charge < -0.3 is 15.0 Å². The van der Waals surface area contributed by atoms with E-state index < -0.39 is 17.9 Å². The molecule has 1 unspecified atom stereocenters. The Morgan fingerprint density at radius 3 is 2.38 bits per heavy atom. The lowest BCUT2D eigenvalue weighted by molar-refractivity contribution is -0.146. The molecule has 10 heteroatoms. The largest absolute Gasteiger partial charge is 0.488 e. The fraction of sp³-hybridized carbons (Fsp3) is 0.406. The standard InChI is InChI=1S/C32H35N5O5/c1-33-29(38)22-9-3-4-10-23(22)30(39)36-15-14-21-8-7-13-27(42-19-20-16-34-35(2)17-20)28(21)26(36)18-37-31(40)24-11-5-6-12-25(24)32(37)41/h5-8,11-13,16-17,22-23,26H,3-4,9-10,14-15,18-19H2,1-2H3,(H,33,38)/t22-,23?,26-/m1/s1. The molecule has 10 nitrogen and oxygen atoms in total. The second kappa shape index (κ2) is 11.4. The van der Waals surface area contributed by atoms with Crippen LogP contribution in [0.25, 0.3) is 0 Å². The van der Waals surface area contributed by atoms with Gasteiger partial charge in [-0.2, -0.15) is 5.10 Å². The molecule has 1 saturated carbocycles. The number of nitrogens with one attached hydrogen (secondary N) is 1. The summed E-state index contributed by atoms with van der Waals surface area (Å²) in [6.45, 7) is 0.692. The Morgan fingerprint density at radius 2 is 1.71 bits per heavy atom. The number of carbonyl (C=O) groups excluding carboxylic acids is 4. The SMILES string of the molecule is CNC(=O)[C@@H]1CCCCC1C(=O)N1CCc2cccc(OCc3cnn(C)c3)c2[C@H]1CN1C(=O)c2ccccc2C1=O. The summed E-state index contributed by atoms with van der Waals surface area (Å²) < 4.78 is 8.03. The Bertz CT molecular complexity index is 1510. The zero-order valence-electron chi connectivity index (χ0n) is 23.9. The van der Waals surface area contributed by atoms with Gasteiger partial charge in [0.25, 0.3) is 11.8 Å². The summed E-state index contributed by atoms with van der Waals surface area (Å²) in [6.07, 6.45) is 7.27. The normalized spacial score (nSPS) is 21.6. The van der Waals surface area contributed by atoms with Crippen LogP contribution in [0.2, 0.25) is 0 Å². The molecule has 0 saturated heterocycles. The van der Waals surface area contributed by atoms with E-state index in [1.54, 1.807) is 47.1 Å². The summed E-state index contributed by atoms with van der Waals surface area (Å²) >= 11 is 0. The second-order valence-electron chi connectivity index (χ2n) is 11.3. The third-order valence-corrected chi connectivity index (χ3v) is 8.82. The van der Waals surface area contributed by atoms with Crippen molar-refractivity contribution in [3.05, 3.63) is 82.7 Å². The second-order valence-corrected chi connectivity index (χ2v) is 11.3. The molecule has 2 aromatic carbocycles. The zero-order valence-corrected chi connectivity index (χ0v) is 23.9. The minimum Gasteiger partial charge on any atom is -0.488 e. The van der Waals surface area contributed by atoms with E-state index in [4.69, 9.17) is 4.74 Å². The van der Waals surface area contributed by atoms with Crippen molar-refractivity contribution in [3.8, 4) is 5.75 Å². The molecule has 3 atom stereocenters. The van der Waals surface area contributed by atoms with E-state index in [0.717, 1.165) is 29.5 Å². The number of aromatic nitrogens is 2. The van der Waals surface area contributed by atoms with Crippen LogP contribution >= 0.6 is 0 Å². The number of benzene rings is 2. The number of ether oxygens (including phenoxy) is 1. The molecule has 42 heavy (non-hydrogen) atoms. The Morgan fingerprint density at radius 1 is 1.00 bits per heavy atom. The van der Waals surface area contributed by atoms with Crippen LogP contribution in [0.4, 0.5) is 0 Å². The fourth-order valence-electron chi connectivity index (χ4n) is 6.74. The molecular formula is C32H35N5O5. The van der Waals surface area contributed by atoms with Crippen molar-refractivity contribution in [2.24, 2.45) is 18.9 Å². The van der Waals surface area contributed by atoms with Crippen molar-refractivity contribution in [2.75, 3.05) is 20.1 Å². The predicted octanol–water partition coefficient (Wildman–Crippen LogP) is 3.27. The number of hydrogen-bond acceptors (Lipinski definition) is 6. The third kappa shape index (κ3) is 4.95. The number of hydrogen-bond donors (Lipinski definition) is 1. The summed E-state index contributed by atoms with van der Waals surface area (Å²) in [5.41, 5.74) is 3.43. The van der Waals surface area contributed by atoms with Gasteiger partial charge >= 0.3 is 0 Å². The smallest absolute Gasteiger partial charge is 0.261 e. The molecule has 0 bridgehead atoms. The minimum absolute atomic E-state index is 0.00425. The maximum absolute atomic E-state index is 14.4. The summed E-state index contributed by atoms with van der Waals surface area (Å²) in [7, 11) is 3.44. The number of amides is 4. The van der Waals surface area contributed by atoms with E-state index >= 15 is 0 Å². The maximum Gasteiger partial charge on any atom is 0.261 e. The monoisotopic (exact) mass is 569 g/mol. The van der Waals surface area contributed by atoms with Crippen molar-refractivity contribution in [3.63, 3.8) is 0 Å². The number of nitrogens with zero attached hydrogens (tertiary/aromatic N) is 4. The van der Waals surface area contributed by atoms with E-state index in [0.29, 0.717) is 42.7 Å². The van der Waals surface area contributed by atoms with E-state index in [-0.39, 0.29) is 36.8 Å². The van der Waals surface area contributed by atoms with Crippen LogP contribution < -0.4 is 10.1 Å². The molecule has 3 aliphatic rings. The molecule has 1 N–H and O–H groups in total. The van der Waals surface area contributed by atoms with Crippen molar-refractivity contribution in [1.29, 1.82) is 0 Å². The number of imide groups is 1. The van der Waals surface area contributed by atoms with Crippen LogP contribution in [0.5, 0.6) is 5.75 Å². The van der Waals surface area contributed by atoms with E-state index in [2.05, 4.69) is 10.4 Å². The third-order valence-electron chi connectivity index (χ3n) is 8.82. The van der Waals surface area contributed by atoms with Crippen molar-refractivity contribution in [2.45, 2.75) is 44.8 Å². The molecule has 3 aromatic rings. The fourth-order valence-corrected chi connectivity index (χ4v) is 6.74. The number of carbonyl (C=O) groups is 4. The molecule has 0 spiro atoms. The van der Waals surface area contributed by atoms with Gasteiger partial charge in [0, 0.05) is 49.8 Å². The molecule has 2 aliphatic heterocycles. The van der Waals surface area contributed by atoms with Crippen molar-refractivity contribution >= 4 is 23.6 Å². The van der Waals surface area contributed by atoms with Crippen LogP contribution in [0, 0.1) is 11.8 Å². The first-order chi connectivity index (χ1) is 20.4. The summed E-state index contributed by atoms with van der Waals surface area (Å²) in [5.74, 6) is -1.25. The van der Waals surface area contributed by atoms with Gasteiger partial charge in [-0.25, -0.2) is 0 Å². The lowest BCUT2D eigenvalue weighted by atomic mass is 9.77. The topological polar surface area (TPSA) is 114 Å². The number of aryl methyl sites for hydroxylation is 1. The lowest BCUT2D eigenvalue weighted by Gasteiger charge is -2.42. The first kappa shape index (κ1) is 27.7. The number of rotatable bonds is 7. The predicted molar refractivity (Wildman–Crippen MR) is 153 cm³/mol. The van der Waals surface area contributed by atoms with Crippen molar-refractivity contribution in [1.82, 2.24) is 24.9 Å². The summed E-state index contributed by atoms with van der Waals surface area (Å²) in [4.78, 5) is 57.1. The highest BCUT2D eigenvalue weighted by molar-refractivity contribution is 6.21. The van der Waals surface area contributed by atoms with Gasteiger partial charge in [0.15, 0.2) is 0 Å². The van der Waals surface area contributed by atoms with Gasteiger partial charge in [0.05, 0.1) is 29.9 Å². The molecule has 3 heterocycles. The molecule has 1 fully saturated rings. The average Bonchev–Trinajstić information content (AvgIpc) is 3.55. The lowest BCUT2D eigenvalue weighted by Crippen LogP contribution is -2.51. The molecule has 4 amide bonds. The summed E-state index contributed by atoms with van der Waals surface area (Å²) in [6, 6.07) is 12.0. The zero-order chi connectivity index (χ0) is 29.4. The molecular weight excluding hydrogens is 534 g/mol. The highest BCUT2D eigenvalue weighted by Gasteiger charge is 2.45. The summed E-state index contributed by atoms with van der Waals surface area (Å²) in [5, 5.41) is 6.96. The van der Waals surface area contributed by atoms with Gasteiger partial charge in [-0.05, 0) is 43.0 Å². The Hall–Kier alpha value is -4.47. The van der Waals surface area contributed by atoms with Gasteiger partial charge in [0.1, 0.15) is 12.4 Å². The van der Waals surface area contributed by atoms with Gasteiger partial charge in [0.2, 0.25) is 11.8 Å². The van der Waals surface area contributed by atoms with E-state index in [1.807, 2.05) is 31.4 Å².